The number of anilines is 2. The first-order valence-corrected chi connectivity index (χ1v) is 11.6. The van der Waals surface area contributed by atoms with Crippen molar-refractivity contribution in [1.82, 2.24) is 9.97 Å². The van der Waals surface area contributed by atoms with Gasteiger partial charge in [-0.25, -0.2) is 9.97 Å². The number of nitrogens with zero attached hydrogens (tertiary/aromatic N) is 2. The predicted octanol–water partition coefficient (Wildman–Crippen LogP) is 5.13. The molecule has 0 radical (unpaired) electrons. The van der Waals surface area contributed by atoms with E-state index in [1.165, 1.54) is 28.6 Å². The molecule has 3 aromatic rings. The van der Waals surface area contributed by atoms with Crippen molar-refractivity contribution in [2.75, 3.05) is 11.1 Å². The summed E-state index contributed by atoms with van der Waals surface area (Å²) in [6, 6.07) is 5.99. The molecular weight excluding hydrogens is 400 g/mol. The maximum atomic E-state index is 12.7. The van der Waals surface area contributed by atoms with E-state index in [2.05, 4.69) is 17.2 Å². The number of aryl methyl sites for hydroxylation is 3. The molecule has 3 N–H and O–H groups in total. The number of benzene rings is 1. The molecule has 2 atom stereocenters. The molecule has 0 fully saturated rings. The second-order valence-corrected chi connectivity index (χ2v) is 10.3. The number of fused-ring (bicyclic) bond motifs is 3. The Morgan fingerprint density at radius 2 is 2.03 bits per heavy atom. The topological polar surface area (TPSA) is 80.9 Å². The Kier molecular flexibility index (Phi) is 5.53. The molecule has 2 aromatic heterocycles. The van der Waals surface area contributed by atoms with Gasteiger partial charge in [0, 0.05) is 10.6 Å². The van der Waals surface area contributed by atoms with E-state index in [9.17, 15) is 4.79 Å². The zero-order chi connectivity index (χ0) is 20.7. The molecule has 0 aliphatic heterocycles. The highest BCUT2D eigenvalue weighted by Crippen LogP contribution is 2.40. The first-order chi connectivity index (χ1) is 13.8. The van der Waals surface area contributed by atoms with Gasteiger partial charge in [0.25, 0.3) is 0 Å². The Hall–Kier alpha value is -2.12. The number of para-hydroxylation sites is 1. The van der Waals surface area contributed by atoms with Crippen molar-refractivity contribution in [2.45, 2.75) is 57.4 Å². The summed E-state index contributed by atoms with van der Waals surface area (Å²) in [5.74, 6) is 1.17. The average molecular weight is 427 g/mol. The normalized spacial score (nSPS) is 17.2. The van der Waals surface area contributed by atoms with Gasteiger partial charge in [-0.1, -0.05) is 36.9 Å². The molecule has 1 aromatic carbocycles. The standard InChI is InChI=1S/C22H26N4OS2/c1-11-8-9-15-16(10-11)29-21-17(15)19(23)25-22(26-21)28-14(4)20(27)24-18-12(2)6-5-7-13(18)3/h5-7,11,14H,8-10H2,1-4H3,(H,24,27)(H2,23,25,26). The molecule has 0 bridgehead atoms. The van der Waals surface area contributed by atoms with Gasteiger partial charge in [-0.2, -0.15) is 0 Å². The minimum atomic E-state index is -0.333. The van der Waals surface area contributed by atoms with E-state index in [0.29, 0.717) is 16.9 Å². The van der Waals surface area contributed by atoms with Crippen LogP contribution in [0.2, 0.25) is 0 Å². The molecule has 152 valence electrons. The van der Waals surface area contributed by atoms with Gasteiger partial charge in [0.2, 0.25) is 5.91 Å². The number of thioether (sulfide) groups is 1. The van der Waals surface area contributed by atoms with Gasteiger partial charge in [-0.05, 0) is 62.6 Å². The average Bonchev–Trinajstić information content (AvgIpc) is 3.02. The highest BCUT2D eigenvalue weighted by atomic mass is 32.2. The predicted molar refractivity (Wildman–Crippen MR) is 123 cm³/mol. The summed E-state index contributed by atoms with van der Waals surface area (Å²) in [5.41, 5.74) is 10.6. The number of carbonyl (C=O) groups excluding carboxylic acids is 1. The summed E-state index contributed by atoms with van der Waals surface area (Å²) in [6.45, 7) is 8.16. The van der Waals surface area contributed by atoms with Crippen LogP contribution in [-0.4, -0.2) is 21.1 Å². The highest BCUT2D eigenvalue weighted by Gasteiger charge is 2.24. The van der Waals surface area contributed by atoms with E-state index in [4.69, 9.17) is 10.7 Å². The lowest BCUT2D eigenvalue weighted by molar-refractivity contribution is -0.115. The highest BCUT2D eigenvalue weighted by molar-refractivity contribution is 8.00. The molecule has 29 heavy (non-hydrogen) atoms. The summed E-state index contributed by atoms with van der Waals surface area (Å²) in [6.07, 6.45) is 3.32. The Bertz CT molecular complexity index is 1070. The third kappa shape index (κ3) is 3.98. The van der Waals surface area contributed by atoms with E-state index in [0.717, 1.165) is 39.9 Å². The van der Waals surface area contributed by atoms with Gasteiger partial charge < -0.3 is 11.1 Å². The molecule has 1 aliphatic carbocycles. The second kappa shape index (κ2) is 7.95. The molecule has 0 saturated carbocycles. The first-order valence-electron chi connectivity index (χ1n) is 9.95. The summed E-state index contributed by atoms with van der Waals surface area (Å²) in [4.78, 5) is 24.3. The van der Waals surface area contributed by atoms with Crippen molar-refractivity contribution in [3.05, 3.63) is 39.8 Å². The molecule has 0 spiro atoms. The minimum Gasteiger partial charge on any atom is -0.383 e. The van der Waals surface area contributed by atoms with Crippen LogP contribution < -0.4 is 11.1 Å². The molecule has 2 heterocycles. The van der Waals surface area contributed by atoms with Crippen molar-refractivity contribution in [3.63, 3.8) is 0 Å². The van der Waals surface area contributed by atoms with Gasteiger partial charge in [0.05, 0.1) is 10.6 Å². The molecular formula is C22H26N4OS2. The molecule has 1 aliphatic rings. The largest absolute Gasteiger partial charge is 0.383 e. The van der Waals surface area contributed by atoms with Crippen LogP contribution in [0.3, 0.4) is 0 Å². The van der Waals surface area contributed by atoms with Crippen LogP contribution in [0, 0.1) is 19.8 Å². The van der Waals surface area contributed by atoms with E-state index in [1.807, 2.05) is 39.0 Å². The Morgan fingerprint density at radius 1 is 1.31 bits per heavy atom. The number of carbonyl (C=O) groups is 1. The number of nitrogens with two attached hydrogens (primary N) is 1. The lowest BCUT2D eigenvalue weighted by Gasteiger charge is -2.17. The van der Waals surface area contributed by atoms with Crippen molar-refractivity contribution in [3.8, 4) is 0 Å². The lowest BCUT2D eigenvalue weighted by Crippen LogP contribution is -2.23. The third-order valence-corrected chi connectivity index (χ3v) is 7.65. The number of aromatic nitrogens is 2. The number of rotatable bonds is 4. The molecule has 1 amide bonds. The summed E-state index contributed by atoms with van der Waals surface area (Å²) >= 11 is 3.08. The summed E-state index contributed by atoms with van der Waals surface area (Å²) in [7, 11) is 0. The van der Waals surface area contributed by atoms with Gasteiger partial charge in [-0.15, -0.1) is 11.3 Å². The molecule has 7 heteroatoms. The minimum absolute atomic E-state index is 0.0611. The fraction of sp³-hybridized carbons (Fsp3) is 0.409. The Balaban J connectivity index is 1.55. The third-order valence-electron chi connectivity index (χ3n) is 5.54. The zero-order valence-electron chi connectivity index (χ0n) is 17.2. The van der Waals surface area contributed by atoms with Crippen molar-refractivity contribution in [2.24, 2.45) is 5.92 Å². The molecule has 0 saturated heterocycles. The zero-order valence-corrected chi connectivity index (χ0v) is 18.8. The van der Waals surface area contributed by atoms with Crippen LogP contribution in [0.1, 0.15) is 41.8 Å². The number of amides is 1. The first kappa shape index (κ1) is 20.2. The quantitative estimate of drug-likeness (QED) is 0.446. The lowest BCUT2D eigenvalue weighted by atomic mass is 9.89. The van der Waals surface area contributed by atoms with Crippen molar-refractivity contribution < 1.29 is 4.79 Å². The second-order valence-electron chi connectivity index (χ2n) is 7.94. The Labute approximate surface area is 179 Å². The molecule has 4 rings (SSSR count). The summed E-state index contributed by atoms with van der Waals surface area (Å²) < 4.78 is 0. The van der Waals surface area contributed by atoms with Crippen LogP contribution in [-0.2, 0) is 17.6 Å². The van der Waals surface area contributed by atoms with Gasteiger partial charge >= 0.3 is 0 Å². The maximum absolute atomic E-state index is 12.7. The number of nitrogens with one attached hydrogen (secondary N) is 1. The van der Waals surface area contributed by atoms with Crippen LogP contribution in [0.25, 0.3) is 10.2 Å². The fourth-order valence-corrected chi connectivity index (χ4v) is 6.08. The number of hydrogen-bond donors (Lipinski definition) is 2. The van der Waals surface area contributed by atoms with E-state index in [1.54, 1.807) is 11.3 Å². The number of hydrogen-bond acceptors (Lipinski definition) is 6. The number of thiophene rings is 1. The van der Waals surface area contributed by atoms with E-state index < -0.39 is 0 Å². The maximum Gasteiger partial charge on any atom is 0.237 e. The summed E-state index contributed by atoms with van der Waals surface area (Å²) in [5, 5.41) is 4.30. The van der Waals surface area contributed by atoms with Gasteiger partial charge in [0.15, 0.2) is 5.16 Å². The van der Waals surface area contributed by atoms with Crippen LogP contribution >= 0.6 is 23.1 Å². The van der Waals surface area contributed by atoms with E-state index >= 15 is 0 Å². The number of nitrogen functional groups attached to an aromatic ring is 1. The molecule has 2 unspecified atom stereocenters. The van der Waals surface area contributed by atoms with Crippen molar-refractivity contribution >= 4 is 50.7 Å². The SMILES string of the molecule is Cc1cccc(C)c1NC(=O)C(C)Sc1nc(N)c2c3c(sc2n1)CC(C)CC3. The smallest absolute Gasteiger partial charge is 0.237 e. The van der Waals surface area contributed by atoms with Crippen LogP contribution in [0.15, 0.2) is 23.4 Å². The van der Waals surface area contributed by atoms with Gasteiger partial charge in [-0.3, -0.25) is 4.79 Å². The fourth-order valence-electron chi connectivity index (χ4n) is 3.85. The monoisotopic (exact) mass is 426 g/mol. The van der Waals surface area contributed by atoms with Gasteiger partial charge in [0.1, 0.15) is 10.6 Å². The van der Waals surface area contributed by atoms with Crippen molar-refractivity contribution in [1.29, 1.82) is 0 Å². The molecule has 5 nitrogen and oxygen atoms in total. The van der Waals surface area contributed by atoms with Crippen LogP contribution in [0.5, 0.6) is 0 Å². The van der Waals surface area contributed by atoms with Crippen LogP contribution in [0.4, 0.5) is 11.5 Å². The van der Waals surface area contributed by atoms with E-state index in [-0.39, 0.29) is 11.2 Å². The Morgan fingerprint density at radius 3 is 2.76 bits per heavy atom.